The van der Waals surface area contributed by atoms with Crippen LogP contribution in [0.3, 0.4) is 0 Å². The second kappa shape index (κ2) is 12.7. The van der Waals surface area contributed by atoms with Crippen molar-refractivity contribution in [3.8, 4) is 17.4 Å². The Morgan fingerprint density at radius 1 is 1.07 bits per heavy atom. The number of hydrogen-bond acceptors (Lipinski definition) is 10. The Balaban J connectivity index is 1.18. The number of likely N-dealkylation sites (tertiary alicyclic amines) is 1. The van der Waals surface area contributed by atoms with E-state index in [9.17, 15) is 4.79 Å². The first-order chi connectivity index (χ1) is 21.4. The fourth-order valence-corrected chi connectivity index (χ4v) is 5.63. The highest BCUT2D eigenvalue weighted by atomic mass is 19.1. The van der Waals surface area contributed by atoms with Gasteiger partial charge in [-0.05, 0) is 49.5 Å². The Bertz CT molecular complexity index is 1680. The summed E-state index contributed by atoms with van der Waals surface area (Å²) in [6, 6.07) is 10.1. The Labute approximate surface area is 255 Å². The molecule has 0 spiro atoms. The molecule has 2 saturated heterocycles. The van der Waals surface area contributed by atoms with Gasteiger partial charge in [0.15, 0.2) is 0 Å². The largest absolute Gasteiger partial charge is 0.495 e. The number of ether oxygens (including phenoxy) is 2. The number of fused-ring (bicyclic) bond motifs is 1. The van der Waals surface area contributed by atoms with E-state index in [4.69, 9.17) is 9.47 Å². The van der Waals surface area contributed by atoms with E-state index in [0.717, 1.165) is 38.0 Å². The van der Waals surface area contributed by atoms with E-state index >= 15 is 4.39 Å². The molecule has 1 amide bonds. The summed E-state index contributed by atoms with van der Waals surface area (Å²) in [5, 5.41) is 7.36. The minimum absolute atomic E-state index is 0.0539. The predicted molar refractivity (Wildman–Crippen MR) is 167 cm³/mol. The quantitative estimate of drug-likeness (QED) is 0.238. The fraction of sp³-hybridized carbons (Fsp3) is 0.344. The van der Waals surface area contributed by atoms with Gasteiger partial charge in [-0.1, -0.05) is 13.5 Å². The lowest BCUT2D eigenvalue weighted by Crippen LogP contribution is -2.41. The SMILES string of the molecule is C=CC(=O)N1CCC(Nc2cc3c(Nc4ccc(Oc5ccnc(N6CC[C@@H](C)C6)n5)cc4F)ncnc3cc2OC)CC1. The molecule has 4 heterocycles. The highest BCUT2D eigenvalue weighted by molar-refractivity contribution is 5.95. The van der Waals surface area contributed by atoms with Crippen LogP contribution in [-0.4, -0.2) is 70.1 Å². The van der Waals surface area contributed by atoms with Crippen molar-refractivity contribution in [2.45, 2.75) is 32.2 Å². The molecule has 0 unspecified atom stereocenters. The van der Waals surface area contributed by atoms with E-state index in [1.54, 1.807) is 36.4 Å². The molecule has 0 saturated carbocycles. The van der Waals surface area contributed by atoms with E-state index < -0.39 is 5.82 Å². The zero-order chi connectivity index (χ0) is 30.6. The molecule has 11 nitrogen and oxygen atoms in total. The highest BCUT2D eigenvalue weighted by Crippen LogP contribution is 2.35. The van der Waals surface area contributed by atoms with Crippen molar-refractivity contribution in [1.82, 2.24) is 24.8 Å². The van der Waals surface area contributed by atoms with Crippen LogP contribution in [-0.2, 0) is 4.79 Å². The van der Waals surface area contributed by atoms with Gasteiger partial charge >= 0.3 is 0 Å². The van der Waals surface area contributed by atoms with Gasteiger partial charge in [0.1, 0.15) is 29.5 Å². The predicted octanol–water partition coefficient (Wildman–Crippen LogP) is 5.54. The van der Waals surface area contributed by atoms with Gasteiger partial charge < -0.3 is 29.9 Å². The summed E-state index contributed by atoms with van der Waals surface area (Å²) in [4.78, 5) is 33.6. The second-order valence-electron chi connectivity index (χ2n) is 11.1. The molecule has 2 N–H and O–H groups in total. The lowest BCUT2D eigenvalue weighted by Gasteiger charge is -2.32. The van der Waals surface area contributed by atoms with Gasteiger partial charge in [0, 0.05) is 62.0 Å². The van der Waals surface area contributed by atoms with Crippen molar-refractivity contribution in [2.24, 2.45) is 5.92 Å². The van der Waals surface area contributed by atoms with Gasteiger partial charge in [-0.2, -0.15) is 4.98 Å². The molecule has 1 atom stereocenters. The highest BCUT2D eigenvalue weighted by Gasteiger charge is 2.23. The van der Waals surface area contributed by atoms with Crippen LogP contribution in [0.25, 0.3) is 10.9 Å². The molecule has 2 aromatic carbocycles. The van der Waals surface area contributed by atoms with E-state index in [1.807, 2.05) is 12.1 Å². The molecule has 2 aromatic heterocycles. The van der Waals surface area contributed by atoms with Gasteiger partial charge in [0.25, 0.3) is 0 Å². The lowest BCUT2D eigenvalue weighted by atomic mass is 10.0. The molecule has 228 valence electrons. The minimum Gasteiger partial charge on any atom is -0.495 e. The molecule has 0 radical (unpaired) electrons. The number of amides is 1. The summed E-state index contributed by atoms with van der Waals surface area (Å²) in [5.41, 5.74) is 1.64. The van der Waals surface area contributed by atoms with Crippen LogP contribution >= 0.6 is 0 Å². The number of halogens is 1. The van der Waals surface area contributed by atoms with Gasteiger partial charge in [0.2, 0.25) is 17.7 Å². The van der Waals surface area contributed by atoms with E-state index in [0.29, 0.717) is 59.1 Å². The number of hydrogen-bond donors (Lipinski definition) is 2. The average molecular weight is 599 g/mol. The topological polar surface area (TPSA) is 118 Å². The van der Waals surface area contributed by atoms with Crippen molar-refractivity contribution < 1.29 is 18.7 Å². The molecule has 12 heteroatoms. The zero-order valence-electron chi connectivity index (χ0n) is 24.8. The molecular weight excluding hydrogens is 563 g/mol. The summed E-state index contributed by atoms with van der Waals surface area (Å²) >= 11 is 0. The van der Waals surface area contributed by atoms with Gasteiger partial charge in [-0.15, -0.1) is 0 Å². The van der Waals surface area contributed by atoms with Crippen LogP contribution in [0.5, 0.6) is 17.4 Å². The number of rotatable bonds is 9. The first kappa shape index (κ1) is 29.1. The molecule has 6 rings (SSSR count). The number of nitrogens with one attached hydrogen (secondary N) is 2. The normalized spacial score (nSPS) is 17.0. The Morgan fingerprint density at radius 2 is 1.91 bits per heavy atom. The molecule has 2 aliphatic rings. The smallest absolute Gasteiger partial charge is 0.245 e. The Hall–Kier alpha value is -5.00. The maximum Gasteiger partial charge on any atom is 0.245 e. The number of nitrogens with zero attached hydrogens (tertiary/aromatic N) is 6. The average Bonchev–Trinajstić information content (AvgIpc) is 3.48. The number of methoxy groups -OCH3 is 1. The van der Waals surface area contributed by atoms with E-state index in [-0.39, 0.29) is 17.6 Å². The van der Waals surface area contributed by atoms with Crippen LogP contribution in [0.2, 0.25) is 0 Å². The molecule has 2 aliphatic heterocycles. The van der Waals surface area contributed by atoms with Crippen molar-refractivity contribution in [3.05, 3.63) is 67.4 Å². The maximum atomic E-state index is 15.3. The van der Waals surface area contributed by atoms with Crippen LogP contribution < -0.4 is 25.0 Å². The summed E-state index contributed by atoms with van der Waals surface area (Å²) in [7, 11) is 1.60. The number of anilines is 4. The summed E-state index contributed by atoms with van der Waals surface area (Å²) < 4.78 is 26.9. The Kier molecular flexibility index (Phi) is 8.40. The van der Waals surface area contributed by atoms with Gasteiger partial charge in [-0.3, -0.25) is 4.79 Å². The van der Waals surface area contributed by atoms with Crippen LogP contribution in [0, 0.1) is 11.7 Å². The van der Waals surface area contributed by atoms with Crippen LogP contribution in [0.4, 0.5) is 27.5 Å². The minimum atomic E-state index is -0.510. The number of carbonyl (C=O) groups excluding carboxylic acids is 1. The number of aromatic nitrogens is 4. The maximum absolute atomic E-state index is 15.3. The fourth-order valence-electron chi connectivity index (χ4n) is 5.63. The van der Waals surface area contributed by atoms with Gasteiger partial charge in [0.05, 0.1) is 24.0 Å². The molecule has 44 heavy (non-hydrogen) atoms. The molecule has 0 aliphatic carbocycles. The number of carbonyl (C=O) groups is 1. The van der Waals surface area contributed by atoms with Crippen molar-refractivity contribution >= 4 is 40.0 Å². The molecule has 4 aromatic rings. The number of benzene rings is 2. The molecule has 2 fully saturated rings. The van der Waals surface area contributed by atoms with Crippen molar-refractivity contribution in [2.75, 3.05) is 48.8 Å². The third-order valence-corrected chi connectivity index (χ3v) is 8.04. The van der Waals surface area contributed by atoms with Crippen LogP contribution in [0.15, 0.2) is 61.6 Å². The van der Waals surface area contributed by atoms with E-state index in [1.165, 1.54) is 18.5 Å². The van der Waals surface area contributed by atoms with E-state index in [2.05, 4.69) is 49.0 Å². The third-order valence-electron chi connectivity index (χ3n) is 8.04. The standard InChI is InChI=1S/C32H35FN8O3/c1-4-30(42)40-13-9-21(10-14-40)37-27-16-23-26(17-28(27)43-3)35-19-36-31(23)38-25-6-5-22(15-24(25)33)44-29-7-11-34-32(39-29)41-12-8-20(2)18-41/h4-7,11,15-17,19-21,37H,1,8-10,12-14,18H2,2-3H3,(H,35,36,38)/t20-/m1/s1. The first-order valence-electron chi connectivity index (χ1n) is 14.7. The molecule has 0 bridgehead atoms. The Morgan fingerprint density at radius 3 is 2.64 bits per heavy atom. The summed E-state index contributed by atoms with van der Waals surface area (Å²) in [5.74, 6) is 2.38. The summed E-state index contributed by atoms with van der Waals surface area (Å²) in [6.07, 6.45) is 7.08. The van der Waals surface area contributed by atoms with Crippen molar-refractivity contribution in [1.29, 1.82) is 0 Å². The molecular formula is C32H35FN8O3. The lowest BCUT2D eigenvalue weighted by molar-refractivity contribution is -0.126. The second-order valence-corrected chi connectivity index (χ2v) is 11.1. The monoisotopic (exact) mass is 598 g/mol. The number of piperidine rings is 1. The summed E-state index contributed by atoms with van der Waals surface area (Å²) in [6.45, 7) is 8.87. The van der Waals surface area contributed by atoms with Crippen LogP contribution in [0.1, 0.15) is 26.2 Å². The van der Waals surface area contributed by atoms with Gasteiger partial charge in [-0.25, -0.2) is 19.3 Å². The first-order valence-corrected chi connectivity index (χ1v) is 14.7. The van der Waals surface area contributed by atoms with Crippen molar-refractivity contribution in [3.63, 3.8) is 0 Å². The third kappa shape index (κ3) is 6.34. The zero-order valence-corrected chi connectivity index (χ0v) is 24.8.